The van der Waals surface area contributed by atoms with Gasteiger partial charge in [-0.05, 0) is 17.2 Å². The van der Waals surface area contributed by atoms with Crippen LogP contribution in [0.4, 0.5) is 0 Å². The van der Waals surface area contributed by atoms with E-state index >= 15 is 0 Å². The summed E-state index contributed by atoms with van der Waals surface area (Å²) < 4.78 is 2.10. The zero-order chi connectivity index (χ0) is 16.1. The molecule has 0 aliphatic carbocycles. The summed E-state index contributed by atoms with van der Waals surface area (Å²) in [6.45, 7) is 0. The molecule has 1 amide bonds. The summed E-state index contributed by atoms with van der Waals surface area (Å²) in [5.41, 5.74) is 5.96. The SMILES string of the molecule is Cn1cc(C/C=N\NC(=O)Cc2ccccc2)c2ccccc21. The van der Waals surface area contributed by atoms with Gasteiger partial charge in [0.1, 0.15) is 0 Å². The molecule has 0 aliphatic heterocycles. The lowest BCUT2D eigenvalue weighted by Crippen LogP contribution is -2.19. The molecular weight excluding hydrogens is 286 g/mol. The van der Waals surface area contributed by atoms with Crippen molar-refractivity contribution in [2.24, 2.45) is 12.1 Å². The van der Waals surface area contributed by atoms with Crippen LogP contribution in [0.15, 0.2) is 65.9 Å². The molecule has 1 heterocycles. The summed E-state index contributed by atoms with van der Waals surface area (Å²) in [4.78, 5) is 11.8. The van der Waals surface area contributed by atoms with Crippen LogP contribution < -0.4 is 5.43 Å². The van der Waals surface area contributed by atoms with Gasteiger partial charge in [0.05, 0.1) is 6.42 Å². The lowest BCUT2D eigenvalue weighted by molar-refractivity contribution is -0.120. The van der Waals surface area contributed by atoms with Crippen molar-refractivity contribution in [1.29, 1.82) is 0 Å². The summed E-state index contributed by atoms with van der Waals surface area (Å²) in [6.07, 6.45) is 4.87. The van der Waals surface area contributed by atoms with Crippen molar-refractivity contribution in [2.45, 2.75) is 12.8 Å². The van der Waals surface area contributed by atoms with Crippen molar-refractivity contribution in [3.63, 3.8) is 0 Å². The van der Waals surface area contributed by atoms with Gasteiger partial charge in [0, 0.05) is 36.8 Å². The molecule has 3 rings (SSSR count). The number of benzene rings is 2. The molecule has 0 saturated carbocycles. The first kappa shape index (κ1) is 15.0. The van der Waals surface area contributed by atoms with E-state index in [1.54, 1.807) is 6.21 Å². The fraction of sp³-hybridized carbons (Fsp3) is 0.158. The molecule has 0 atom stereocenters. The summed E-state index contributed by atoms with van der Waals surface area (Å²) in [5.74, 6) is -0.106. The van der Waals surface area contributed by atoms with Crippen LogP contribution in [0.25, 0.3) is 10.9 Å². The lowest BCUT2D eigenvalue weighted by Gasteiger charge is -1.99. The molecule has 0 unspecified atom stereocenters. The van der Waals surface area contributed by atoms with E-state index in [1.807, 2.05) is 49.5 Å². The Morgan fingerprint density at radius 3 is 2.70 bits per heavy atom. The molecule has 0 saturated heterocycles. The smallest absolute Gasteiger partial charge is 0.244 e. The van der Waals surface area contributed by atoms with Gasteiger partial charge in [-0.25, -0.2) is 5.43 Å². The average molecular weight is 305 g/mol. The number of hydrazone groups is 1. The molecule has 23 heavy (non-hydrogen) atoms. The van der Waals surface area contributed by atoms with Crippen LogP contribution in [0.1, 0.15) is 11.1 Å². The maximum atomic E-state index is 11.8. The maximum Gasteiger partial charge on any atom is 0.244 e. The van der Waals surface area contributed by atoms with E-state index in [0.29, 0.717) is 12.8 Å². The van der Waals surface area contributed by atoms with Gasteiger partial charge in [0.2, 0.25) is 5.91 Å². The minimum Gasteiger partial charge on any atom is -0.350 e. The van der Waals surface area contributed by atoms with Crippen LogP contribution in [-0.4, -0.2) is 16.7 Å². The molecule has 0 spiro atoms. The third-order valence-electron chi connectivity index (χ3n) is 3.78. The Balaban J connectivity index is 1.57. The van der Waals surface area contributed by atoms with Gasteiger partial charge < -0.3 is 4.57 Å². The molecule has 116 valence electrons. The van der Waals surface area contributed by atoms with Crippen molar-refractivity contribution < 1.29 is 4.79 Å². The zero-order valence-electron chi connectivity index (χ0n) is 13.1. The van der Waals surface area contributed by atoms with Crippen LogP contribution in [0.2, 0.25) is 0 Å². The van der Waals surface area contributed by atoms with E-state index in [2.05, 4.69) is 33.4 Å². The van der Waals surface area contributed by atoms with E-state index in [1.165, 1.54) is 16.5 Å². The fourth-order valence-electron chi connectivity index (χ4n) is 2.67. The fourth-order valence-corrected chi connectivity index (χ4v) is 2.67. The summed E-state index contributed by atoms with van der Waals surface area (Å²) in [5, 5.41) is 5.26. The van der Waals surface area contributed by atoms with E-state index in [-0.39, 0.29) is 5.91 Å². The standard InChI is InChI=1S/C19H19N3O/c1-22-14-16(17-9-5-6-10-18(17)22)11-12-20-21-19(23)13-15-7-3-2-4-8-15/h2-10,12,14H,11,13H2,1H3,(H,21,23)/b20-12-. The number of hydrogen-bond donors (Lipinski definition) is 1. The summed E-state index contributed by atoms with van der Waals surface area (Å²) >= 11 is 0. The summed E-state index contributed by atoms with van der Waals surface area (Å²) in [7, 11) is 2.03. The number of aromatic nitrogens is 1. The molecule has 0 fully saturated rings. The highest BCUT2D eigenvalue weighted by Crippen LogP contribution is 2.19. The van der Waals surface area contributed by atoms with Crippen LogP contribution in [0.3, 0.4) is 0 Å². The second-order valence-electron chi connectivity index (χ2n) is 5.50. The maximum absolute atomic E-state index is 11.8. The molecule has 3 aromatic rings. The quantitative estimate of drug-likeness (QED) is 0.571. The minimum atomic E-state index is -0.106. The van der Waals surface area contributed by atoms with Crippen molar-refractivity contribution in [1.82, 2.24) is 9.99 Å². The molecule has 0 radical (unpaired) electrons. The first-order valence-corrected chi connectivity index (χ1v) is 7.61. The molecule has 1 aromatic heterocycles. The average Bonchev–Trinajstić information content (AvgIpc) is 2.89. The number of carbonyl (C=O) groups is 1. The number of rotatable bonds is 5. The van der Waals surface area contributed by atoms with Crippen LogP contribution in [0, 0.1) is 0 Å². The Hall–Kier alpha value is -2.88. The van der Waals surface area contributed by atoms with Crippen LogP contribution in [0.5, 0.6) is 0 Å². The second kappa shape index (κ2) is 6.92. The van der Waals surface area contributed by atoms with Gasteiger partial charge in [0.15, 0.2) is 0 Å². The molecule has 4 heteroatoms. The topological polar surface area (TPSA) is 46.4 Å². The summed E-state index contributed by atoms with van der Waals surface area (Å²) in [6, 6.07) is 17.9. The van der Waals surface area contributed by atoms with Gasteiger partial charge in [-0.1, -0.05) is 48.5 Å². The third-order valence-corrected chi connectivity index (χ3v) is 3.78. The van der Waals surface area contributed by atoms with Gasteiger partial charge in [-0.2, -0.15) is 5.10 Å². The number of fused-ring (bicyclic) bond motifs is 1. The Labute approximate surface area is 135 Å². The number of nitrogens with zero attached hydrogens (tertiary/aromatic N) is 2. The van der Waals surface area contributed by atoms with Crippen LogP contribution in [-0.2, 0) is 24.7 Å². The number of para-hydroxylation sites is 1. The van der Waals surface area contributed by atoms with Crippen molar-refractivity contribution in [3.8, 4) is 0 Å². The number of amides is 1. The van der Waals surface area contributed by atoms with Gasteiger partial charge in [-0.15, -0.1) is 0 Å². The Morgan fingerprint density at radius 1 is 1.13 bits per heavy atom. The van der Waals surface area contributed by atoms with Crippen molar-refractivity contribution in [2.75, 3.05) is 0 Å². The zero-order valence-corrected chi connectivity index (χ0v) is 13.1. The highest BCUT2D eigenvalue weighted by atomic mass is 16.2. The van der Waals surface area contributed by atoms with Crippen molar-refractivity contribution in [3.05, 3.63) is 71.9 Å². The largest absolute Gasteiger partial charge is 0.350 e. The normalized spacial score (nSPS) is 11.2. The molecule has 4 nitrogen and oxygen atoms in total. The number of aryl methyl sites for hydroxylation is 1. The molecule has 0 bridgehead atoms. The van der Waals surface area contributed by atoms with Crippen LogP contribution >= 0.6 is 0 Å². The second-order valence-corrected chi connectivity index (χ2v) is 5.50. The predicted molar refractivity (Wildman–Crippen MR) is 93.4 cm³/mol. The molecular formula is C19H19N3O. The first-order valence-electron chi connectivity index (χ1n) is 7.61. The Kier molecular flexibility index (Phi) is 4.52. The predicted octanol–water partition coefficient (Wildman–Crippen LogP) is 3.07. The minimum absolute atomic E-state index is 0.106. The van der Waals surface area contributed by atoms with E-state index in [4.69, 9.17) is 0 Å². The van der Waals surface area contributed by atoms with E-state index in [0.717, 1.165) is 5.56 Å². The van der Waals surface area contributed by atoms with Gasteiger partial charge in [-0.3, -0.25) is 4.79 Å². The van der Waals surface area contributed by atoms with Crippen molar-refractivity contribution >= 4 is 23.0 Å². The highest BCUT2D eigenvalue weighted by Gasteiger charge is 2.04. The highest BCUT2D eigenvalue weighted by molar-refractivity contribution is 5.86. The number of hydrogen-bond acceptors (Lipinski definition) is 2. The Bertz CT molecular complexity index is 834. The van der Waals surface area contributed by atoms with Gasteiger partial charge >= 0.3 is 0 Å². The number of nitrogens with one attached hydrogen (secondary N) is 1. The molecule has 0 aliphatic rings. The monoisotopic (exact) mass is 305 g/mol. The first-order chi connectivity index (χ1) is 11.2. The molecule has 2 aromatic carbocycles. The number of carbonyl (C=O) groups excluding carboxylic acids is 1. The van der Waals surface area contributed by atoms with Gasteiger partial charge in [0.25, 0.3) is 0 Å². The van der Waals surface area contributed by atoms with E-state index < -0.39 is 0 Å². The molecule has 1 N–H and O–H groups in total. The third kappa shape index (κ3) is 3.66. The Morgan fingerprint density at radius 2 is 1.87 bits per heavy atom. The lowest BCUT2D eigenvalue weighted by atomic mass is 10.1. The van der Waals surface area contributed by atoms with E-state index in [9.17, 15) is 4.79 Å².